The third-order valence-electron chi connectivity index (χ3n) is 4.49. The maximum atomic E-state index is 12.1. The van der Waals surface area contributed by atoms with E-state index in [2.05, 4.69) is 36.9 Å². The van der Waals surface area contributed by atoms with Crippen LogP contribution in [0.2, 0.25) is 0 Å². The average molecular weight is 327 g/mol. The summed E-state index contributed by atoms with van der Waals surface area (Å²) in [4.78, 5) is 20.9. The smallest absolute Gasteiger partial charge is 0.409 e. The predicted octanol–water partition coefficient (Wildman–Crippen LogP) is 3.68. The van der Waals surface area contributed by atoms with Gasteiger partial charge in [-0.3, -0.25) is 0 Å². The molecule has 0 N–H and O–H groups in total. The minimum Gasteiger partial charge on any atom is -0.449 e. The largest absolute Gasteiger partial charge is 0.449 e. The number of carbonyl (C=O) groups is 1. The van der Waals surface area contributed by atoms with Gasteiger partial charge in [0.1, 0.15) is 5.82 Å². The van der Waals surface area contributed by atoms with Crippen LogP contribution < -0.4 is 4.90 Å². The third-order valence-corrected chi connectivity index (χ3v) is 4.49. The average Bonchev–Trinajstić information content (AvgIpc) is 2.61. The fourth-order valence-corrected chi connectivity index (χ4v) is 3.07. The normalized spacial score (nSPS) is 18.0. The first-order valence-electron chi connectivity index (χ1n) is 8.73. The number of benzene rings is 1. The van der Waals surface area contributed by atoms with E-state index < -0.39 is 0 Å². The number of hydrogen-bond acceptors (Lipinski definition) is 4. The van der Waals surface area contributed by atoms with Gasteiger partial charge >= 0.3 is 6.09 Å². The first-order valence-corrected chi connectivity index (χ1v) is 8.73. The highest BCUT2D eigenvalue weighted by atomic mass is 16.6. The first kappa shape index (κ1) is 16.6. The van der Waals surface area contributed by atoms with Crippen LogP contribution in [-0.4, -0.2) is 48.3 Å². The van der Waals surface area contributed by atoms with E-state index in [1.165, 1.54) is 0 Å². The zero-order valence-electron chi connectivity index (χ0n) is 14.4. The van der Waals surface area contributed by atoms with Crippen molar-refractivity contribution in [2.75, 3.05) is 31.1 Å². The molecule has 1 atom stereocenters. The van der Waals surface area contributed by atoms with Crippen LogP contribution in [-0.2, 0) is 4.74 Å². The SMILES string of the molecule is CCCCOC(=O)N1CCN(c2ccc3ccccc3n2)C(C)C1. The van der Waals surface area contributed by atoms with Crippen molar-refractivity contribution in [2.24, 2.45) is 0 Å². The van der Waals surface area contributed by atoms with E-state index >= 15 is 0 Å². The van der Waals surface area contributed by atoms with E-state index in [0.717, 1.165) is 36.1 Å². The van der Waals surface area contributed by atoms with Crippen molar-refractivity contribution in [3.63, 3.8) is 0 Å². The Morgan fingerprint density at radius 1 is 1.25 bits per heavy atom. The molecular weight excluding hydrogens is 302 g/mol. The predicted molar refractivity (Wildman–Crippen MR) is 96.4 cm³/mol. The summed E-state index contributed by atoms with van der Waals surface area (Å²) in [5.74, 6) is 0.972. The van der Waals surface area contributed by atoms with Gasteiger partial charge in [0.2, 0.25) is 0 Å². The van der Waals surface area contributed by atoms with Crippen molar-refractivity contribution >= 4 is 22.8 Å². The molecule has 1 amide bonds. The number of rotatable bonds is 4. The molecule has 0 spiro atoms. The molecule has 5 nitrogen and oxygen atoms in total. The lowest BCUT2D eigenvalue weighted by atomic mass is 10.1. The summed E-state index contributed by atoms with van der Waals surface area (Å²) < 4.78 is 5.32. The summed E-state index contributed by atoms with van der Waals surface area (Å²) in [6.07, 6.45) is 1.76. The van der Waals surface area contributed by atoms with E-state index in [1.807, 2.05) is 18.2 Å². The summed E-state index contributed by atoms with van der Waals surface area (Å²) in [5.41, 5.74) is 1.00. The Hall–Kier alpha value is -2.30. The molecule has 1 unspecified atom stereocenters. The van der Waals surface area contributed by atoms with Crippen molar-refractivity contribution in [3.05, 3.63) is 36.4 Å². The molecule has 0 saturated carbocycles. The second-order valence-corrected chi connectivity index (χ2v) is 6.32. The van der Waals surface area contributed by atoms with Gasteiger partial charge in [-0.15, -0.1) is 0 Å². The molecule has 24 heavy (non-hydrogen) atoms. The summed E-state index contributed by atoms with van der Waals surface area (Å²) in [7, 11) is 0. The number of aromatic nitrogens is 1. The lowest BCUT2D eigenvalue weighted by Gasteiger charge is -2.40. The number of hydrogen-bond donors (Lipinski definition) is 0. The molecule has 128 valence electrons. The minimum atomic E-state index is -0.193. The van der Waals surface area contributed by atoms with Gasteiger partial charge in [-0.25, -0.2) is 9.78 Å². The molecule has 1 aromatic heterocycles. The van der Waals surface area contributed by atoms with Crippen LogP contribution >= 0.6 is 0 Å². The number of unbranched alkanes of at least 4 members (excludes halogenated alkanes) is 1. The lowest BCUT2D eigenvalue weighted by Crippen LogP contribution is -2.54. The topological polar surface area (TPSA) is 45.7 Å². The van der Waals surface area contributed by atoms with Gasteiger partial charge in [0.25, 0.3) is 0 Å². The van der Waals surface area contributed by atoms with Gasteiger partial charge in [-0.05, 0) is 31.5 Å². The number of para-hydroxylation sites is 1. The van der Waals surface area contributed by atoms with Gasteiger partial charge < -0.3 is 14.5 Å². The quantitative estimate of drug-likeness (QED) is 0.804. The van der Waals surface area contributed by atoms with E-state index in [9.17, 15) is 4.79 Å². The fourth-order valence-electron chi connectivity index (χ4n) is 3.07. The number of pyridine rings is 1. The molecule has 1 aromatic carbocycles. The molecule has 2 heterocycles. The number of anilines is 1. The van der Waals surface area contributed by atoms with Crippen LogP contribution in [0.15, 0.2) is 36.4 Å². The molecule has 1 aliphatic heterocycles. The third kappa shape index (κ3) is 3.61. The van der Waals surface area contributed by atoms with E-state index in [0.29, 0.717) is 19.7 Å². The minimum absolute atomic E-state index is 0.193. The Labute approximate surface area is 143 Å². The van der Waals surface area contributed by atoms with Gasteiger partial charge in [0.15, 0.2) is 0 Å². The maximum Gasteiger partial charge on any atom is 0.409 e. The van der Waals surface area contributed by atoms with E-state index in [-0.39, 0.29) is 12.1 Å². The zero-order chi connectivity index (χ0) is 16.9. The molecule has 3 rings (SSSR count). The molecular formula is C19H25N3O2. The van der Waals surface area contributed by atoms with E-state index in [4.69, 9.17) is 9.72 Å². The highest BCUT2D eigenvalue weighted by Gasteiger charge is 2.28. The van der Waals surface area contributed by atoms with Crippen LogP contribution in [0.4, 0.5) is 10.6 Å². The van der Waals surface area contributed by atoms with Crippen LogP contribution in [0.1, 0.15) is 26.7 Å². The molecule has 1 aliphatic rings. The summed E-state index contributed by atoms with van der Waals surface area (Å²) in [5, 5.41) is 1.15. The number of fused-ring (bicyclic) bond motifs is 1. The molecule has 0 radical (unpaired) electrons. The van der Waals surface area contributed by atoms with Crippen molar-refractivity contribution in [1.82, 2.24) is 9.88 Å². The number of ether oxygens (including phenoxy) is 1. The van der Waals surface area contributed by atoms with Crippen molar-refractivity contribution in [2.45, 2.75) is 32.7 Å². The van der Waals surface area contributed by atoms with Gasteiger partial charge in [0, 0.05) is 31.1 Å². The van der Waals surface area contributed by atoms with E-state index in [1.54, 1.807) is 4.90 Å². The number of carbonyl (C=O) groups excluding carboxylic acids is 1. The molecule has 0 bridgehead atoms. The number of amides is 1. The van der Waals surface area contributed by atoms with Gasteiger partial charge in [0.05, 0.1) is 12.1 Å². The standard InChI is InChI=1S/C19H25N3O2/c1-3-4-13-24-19(23)21-11-12-22(15(2)14-21)18-10-9-16-7-5-6-8-17(16)20-18/h5-10,15H,3-4,11-14H2,1-2H3. The Morgan fingerprint density at radius 2 is 2.08 bits per heavy atom. The molecule has 2 aromatic rings. The molecule has 1 fully saturated rings. The fraction of sp³-hybridized carbons (Fsp3) is 0.474. The van der Waals surface area contributed by atoms with Crippen LogP contribution in [0.25, 0.3) is 10.9 Å². The molecule has 0 aliphatic carbocycles. The van der Waals surface area contributed by atoms with Gasteiger partial charge in [-0.1, -0.05) is 31.5 Å². The second-order valence-electron chi connectivity index (χ2n) is 6.32. The summed E-state index contributed by atoms with van der Waals surface area (Å²) in [6.45, 7) is 6.84. The lowest BCUT2D eigenvalue weighted by molar-refractivity contribution is 0.0944. The summed E-state index contributed by atoms with van der Waals surface area (Å²) >= 11 is 0. The van der Waals surface area contributed by atoms with Crippen LogP contribution in [0.5, 0.6) is 0 Å². The zero-order valence-corrected chi connectivity index (χ0v) is 14.4. The Balaban J connectivity index is 1.65. The van der Waals surface area contributed by atoms with Crippen molar-refractivity contribution in [3.8, 4) is 0 Å². The highest BCUT2D eigenvalue weighted by Crippen LogP contribution is 2.22. The van der Waals surface area contributed by atoms with Gasteiger partial charge in [-0.2, -0.15) is 0 Å². The van der Waals surface area contributed by atoms with Crippen LogP contribution in [0, 0.1) is 0 Å². The Kier molecular flexibility index (Phi) is 5.18. The maximum absolute atomic E-state index is 12.1. The second kappa shape index (κ2) is 7.51. The van der Waals surface area contributed by atoms with Crippen molar-refractivity contribution < 1.29 is 9.53 Å². The van der Waals surface area contributed by atoms with Crippen LogP contribution in [0.3, 0.4) is 0 Å². The highest BCUT2D eigenvalue weighted by molar-refractivity contribution is 5.80. The number of piperazine rings is 1. The monoisotopic (exact) mass is 327 g/mol. The Bertz CT molecular complexity index is 704. The first-order chi connectivity index (χ1) is 11.7. The molecule has 1 saturated heterocycles. The Morgan fingerprint density at radius 3 is 2.88 bits per heavy atom. The molecule has 5 heteroatoms. The number of nitrogens with zero attached hydrogens (tertiary/aromatic N) is 3. The summed E-state index contributed by atoms with van der Waals surface area (Å²) in [6, 6.07) is 12.5. The van der Waals surface area contributed by atoms with Crippen molar-refractivity contribution in [1.29, 1.82) is 0 Å².